The predicted octanol–water partition coefficient (Wildman–Crippen LogP) is 7.57. The summed E-state index contributed by atoms with van der Waals surface area (Å²) in [6.07, 6.45) is 3.65. The van der Waals surface area contributed by atoms with E-state index in [0.29, 0.717) is 20.8 Å². The van der Waals surface area contributed by atoms with Crippen LogP contribution < -0.4 is 10.2 Å². The van der Waals surface area contributed by atoms with E-state index in [1.54, 1.807) is 28.0 Å². The zero-order valence-corrected chi connectivity index (χ0v) is 22.4. The summed E-state index contributed by atoms with van der Waals surface area (Å²) in [7, 11) is 0. The number of nitrogens with zero attached hydrogens (tertiary/aromatic N) is 3. The number of fused-ring (bicyclic) bond motifs is 3. The van der Waals surface area contributed by atoms with Crippen molar-refractivity contribution in [1.82, 2.24) is 9.47 Å². The molecule has 0 radical (unpaired) electrons. The minimum absolute atomic E-state index is 0.0336. The molecule has 1 N–H and O–H groups in total. The SMILES string of the molecule is O=C(Nc1c(Cl)cccc1Cl)N(CC(=O)N1c2ccccc2-n2cccc2C1c1cccc(Cl)c1)C1CC1. The van der Waals surface area contributed by atoms with E-state index in [9.17, 15) is 9.59 Å². The fourth-order valence-electron chi connectivity index (χ4n) is 5.02. The Bertz CT molecular complexity index is 1530. The lowest BCUT2D eigenvalue weighted by atomic mass is 9.97. The number of carbonyl (C=O) groups excluding carboxylic acids is 2. The maximum atomic E-state index is 14.2. The molecule has 0 bridgehead atoms. The number of anilines is 2. The van der Waals surface area contributed by atoms with Crippen molar-refractivity contribution in [2.75, 3.05) is 16.8 Å². The van der Waals surface area contributed by atoms with Crippen LogP contribution >= 0.6 is 34.8 Å². The third kappa shape index (κ3) is 4.53. The maximum Gasteiger partial charge on any atom is 0.322 e. The largest absolute Gasteiger partial charge is 0.322 e. The lowest BCUT2D eigenvalue weighted by Gasteiger charge is -2.39. The molecule has 1 fully saturated rings. The molecule has 1 aromatic heterocycles. The van der Waals surface area contributed by atoms with E-state index in [1.807, 2.05) is 66.9 Å². The topological polar surface area (TPSA) is 57.6 Å². The van der Waals surface area contributed by atoms with Crippen LogP contribution in [-0.4, -0.2) is 34.0 Å². The van der Waals surface area contributed by atoms with Gasteiger partial charge in [-0.3, -0.25) is 9.69 Å². The van der Waals surface area contributed by atoms with E-state index in [-0.39, 0.29) is 18.5 Å². The summed E-state index contributed by atoms with van der Waals surface area (Å²) in [5.41, 5.74) is 3.80. The Hall–Kier alpha value is -3.45. The van der Waals surface area contributed by atoms with Gasteiger partial charge in [0.2, 0.25) is 5.91 Å². The monoisotopic (exact) mass is 564 g/mol. The van der Waals surface area contributed by atoms with Crippen molar-refractivity contribution in [1.29, 1.82) is 0 Å². The Morgan fingerprint density at radius 3 is 2.29 bits per heavy atom. The van der Waals surface area contributed by atoms with Crippen LogP contribution in [0.3, 0.4) is 0 Å². The van der Waals surface area contributed by atoms with Gasteiger partial charge >= 0.3 is 6.03 Å². The molecule has 1 saturated carbocycles. The predicted molar refractivity (Wildman–Crippen MR) is 152 cm³/mol. The van der Waals surface area contributed by atoms with Crippen LogP contribution in [0.15, 0.2) is 85.1 Å². The minimum Gasteiger partial charge on any atom is -0.316 e. The van der Waals surface area contributed by atoms with Gasteiger partial charge in [-0.2, -0.15) is 0 Å². The number of para-hydroxylation sites is 3. The van der Waals surface area contributed by atoms with Crippen molar-refractivity contribution < 1.29 is 9.59 Å². The first-order valence-corrected chi connectivity index (χ1v) is 13.4. The van der Waals surface area contributed by atoms with Gasteiger partial charge in [0.25, 0.3) is 0 Å². The molecule has 3 amide bonds. The van der Waals surface area contributed by atoms with Crippen molar-refractivity contribution in [3.63, 3.8) is 0 Å². The van der Waals surface area contributed by atoms with Gasteiger partial charge in [-0.15, -0.1) is 0 Å². The highest BCUT2D eigenvalue weighted by atomic mass is 35.5. The van der Waals surface area contributed by atoms with Gasteiger partial charge in [0.1, 0.15) is 12.6 Å². The molecule has 3 aromatic carbocycles. The first-order chi connectivity index (χ1) is 18.4. The number of nitrogens with one attached hydrogen (secondary N) is 1. The molecule has 38 heavy (non-hydrogen) atoms. The number of amides is 3. The lowest BCUT2D eigenvalue weighted by molar-refractivity contribution is -0.119. The molecule has 4 aromatic rings. The molecule has 6 nitrogen and oxygen atoms in total. The standard InChI is InChI=1S/C29H23Cl3N4O2/c30-19-7-3-6-18(16-19)28-25-12-5-15-34(25)23-10-1-2-11-24(23)36(28)26(37)17-35(20-13-14-20)29(38)33-27-21(31)8-4-9-22(27)32/h1-12,15-16,20,28H,13-14,17H2,(H,33,38). The van der Waals surface area contributed by atoms with Crippen LogP contribution in [0.2, 0.25) is 15.1 Å². The Morgan fingerprint density at radius 2 is 1.58 bits per heavy atom. The first kappa shape index (κ1) is 24.9. The summed E-state index contributed by atoms with van der Waals surface area (Å²) >= 11 is 19.0. The van der Waals surface area contributed by atoms with Crippen molar-refractivity contribution in [3.8, 4) is 5.69 Å². The Kier molecular flexibility index (Phi) is 6.56. The van der Waals surface area contributed by atoms with E-state index in [1.165, 1.54) is 0 Å². The smallest absolute Gasteiger partial charge is 0.316 e. The van der Waals surface area contributed by atoms with E-state index < -0.39 is 12.1 Å². The normalized spacial score (nSPS) is 16.0. The average Bonchev–Trinajstić information content (AvgIpc) is 3.63. The Labute approximate surface area is 235 Å². The molecule has 2 aliphatic rings. The van der Waals surface area contributed by atoms with Gasteiger partial charge in [0, 0.05) is 17.3 Å². The number of aromatic nitrogens is 1. The summed E-state index contributed by atoms with van der Waals surface area (Å²) in [6, 6.07) is 23.4. The van der Waals surface area contributed by atoms with Gasteiger partial charge in [-0.05, 0) is 66.9 Å². The fourth-order valence-corrected chi connectivity index (χ4v) is 5.72. The lowest BCUT2D eigenvalue weighted by Crippen LogP contribution is -2.48. The minimum atomic E-state index is -0.423. The number of carbonyl (C=O) groups is 2. The molecule has 1 atom stereocenters. The second-order valence-corrected chi connectivity index (χ2v) is 10.6. The van der Waals surface area contributed by atoms with Crippen LogP contribution in [0.4, 0.5) is 16.2 Å². The van der Waals surface area contributed by atoms with Gasteiger partial charge < -0.3 is 14.8 Å². The second kappa shape index (κ2) is 10.0. The third-order valence-electron chi connectivity index (χ3n) is 6.90. The Balaban J connectivity index is 1.37. The van der Waals surface area contributed by atoms with Crippen molar-refractivity contribution in [2.24, 2.45) is 0 Å². The maximum absolute atomic E-state index is 14.2. The molecule has 1 unspecified atom stereocenters. The van der Waals surface area contributed by atoms with Crippen molar-refractivity contribution in [2.45, 2.75) is 24.9 Å². The summed E-state index contributed by atoms with van der Waals surface area (Å²) in [5.74, 6) is -0.206. The zero-order chi connectivity index (χ0) is 26.4. The average molecular weight is 566 g/mol. The van der Waals surface area contributed by atoms with Crippen LogP contribution in [0, 0.1) is 0 Å². The number of urea groups is 1. The first-order valence-electron chi connectivity index (χ1n) is 12.3. The number of hydrogen-bond acceptors (Lipinski definition) is 2. The summed E-state index contributed by atoms with van der Waals surface area (Å²) in [5, 5.41) is 4.07. The molecule has 6 rings (SSSR count). The quantitative estimate of drug-likeness (QED) is 0.271. The van der Waals surface area contributed by atoms with Gasteiger partial charge in [0.15, 0.2) is 0 Å². The zero-order valence-electron chi connectivity index (χ0n) is 20.2. The number of hydrogen-bond donors (Lipinski definition) is 1. The highest BCUT2D eigenvalue weighted by Gasteiger charge is 2.40. The van der Waals surface area contributed by atoms with Gasteiger partial charge in [-0.25, -0.2) is 4.79 Å². The van der Waals surface area contributed by atoms with Gasteiger partial charge in [-0.1, -0.05) is 65.1 Å². The molecule has 0 spiro atoms. The summed E-state index contributed by atoms with van der Waals surface area (Å²) in [6.45, 7) is -0.106. The highest BCUT2D eigenvalue weighted by molar-refractivity contribution is 6.39. The summed E-state index contributed by atoms with van der Waals surface area (Å²) in [4.78, 5) is 31.0. The van der Waals surface area contributed by atoms with Crippen LogP contribution in [0.25, 0.3) is 5.69 Å². The van der Waals surface area contributed by atoms with Crippen molar-refractivity contribution in [3.05, 3.63) is 111 Å². The molecule has 192 valence electrons. The van der Waals surface area contributed by atoms with Crippen LogP contribution in [-0.2, 0) is 4.79 Å². The number of benzene rings is 3. The number of halogens is 3. The Morgan fingerprint density at radius 1 is 0.868 bits per heavy atom. The van der Waals surface area contributed by atoms with Crippen LogP contribution in [0.5, 0.6) is 0 Å². The number of rotatable bonds is 5. The second-order valence-electron chi connectivity index (χ2n) is 9.40. The molecule has 1 aliphatic heterocycles. The molecule has 0 saturated heterocycles. The molecular formula is C29H23Cl3N4O2. The molecular weight excluding hydrogens is 543 g/mol. The summed E-state index contributed by atoms with van der Waals surface area (Å²) < 4.78 is 2.09. The highest BCUT2D eigenvalue weighted by Crippen LogP contribution is 2.43. The fraction of sp³-hybridized carbons (Fsp3) is 0.172. The van der Waals surface area contributed by atoms with Crippen LogP contribution in [0.1, 0.15) is 30.1 Å². The molecule has 2 heterocycles. The third-order valence-corrected chi connectivity index (χ3v) is 7.77. The molecule has 9 heteroatoms. The van der Waals surface area contributed by atoms with Gasteiger partial charge in [0.05, 0.1) is 32.8 Å². The van der Waals surface area contributed by atoms with E-state index in [0.717, 1.165) is 35.5 Å². The van der Waals surface area contributed by atoms with E-state index in [2.05, 4.69) is 9.88 Å². The van der Waals surface area contributed by atoms with E-state index >= 15 is 0 Å². The van der Waals surface area contributed by atoms with Crippen molar-refractivity contribution >= 4 is 58.1 Å². The molecule has 1 aliphatic carbocycles. The van der Waals surface area contributed by atoms with E-state index in [4.69, 9.17) is 34.8 Å².